The van der Waals surface area contributed by atoms with E-state index in [2.05, 4.69) is 0 Å². The highest BCUT2D eigenvalue weighted by molar-refractivity contribution is 5.04. The molecule has 21 aliphatic rings. The van der Waals surface area contributed by atoms with Crippen molar-refractivity contribution in [2.75, 3.05) is 188 Å². The first-order chi connectivity index (χ1) is 47.1. The predicted molar refractivity (Wildman–Crippen MR) is 326 cm³/mol. The highest BCUT2D eigenvalue weighted by Gasteiger charge is 2.62. The quantitative estimate of drug-likeness (QED) is 0.0913. The Morgan fingerprint density at radius 3 is 0.454 bits per heavy atom. The first-order valence-electron chi connectivity index (χ1n) is 32.4. The molecule has 35 atom stereocenters. The molecule has 21 heterocycles. The molecule has 35 nitrogen and oxygen atoms in total. The van der Waals surface area contributed by atoms with Gasteiger partial charge in [-0.3, -0.25) is 0 Å². The zero-order chi connectivity index (χ0) is 70.2. The van der Waals surface area contributed by atoms with Gasteiger partial charge in [0.15, 0.2) is 44.0 Å². The Kier molecular flexibility index (Phi) is 33.2. The SMILES string of the molecule is COC[C@H]1O[C@@H]2O[C@H]3[C@H](OC)[C@@H](OC)[C@@H](O[C@H]4[C@H](OC)[C@@H](OC)[C@@H](O[C@H]5[C@H](OC)[C@@H](OC)[C@@H](O[C@H]6[C@H](OC)[C@@H](OC)[C@@H](O[C@H]7[C@H](OC)[C@@H](OC)[C@@H](O[C@H]8[C@H](OC)[C@@H](N)[C@@H](O[C@H]1[C@H](OC)[C@H]2OC)O[C@@H]8COC)O[C@@H]7COC)O[C@@H]6COC)O[C@@H]5COC)O[C@@H]4COC)O[C@@H]3COC. The highest BCUT2D eigenvalue weighted by Crippen LogP contribution is 2.43. The maximum atomic E-state index is 7.20. The van der Waals surface area contributed by atoms with Crippen LogP contribution in [-0.2, 0) is 161 Å². The van der Waals surface area contributed by atoms with Gasteiger partial charge in [-0.15, -0.1) is 0 Å². The van der Waals surface area contributed by atoms with E-state index in [1.165, 1.54) is 142 Å². The molecule has 0 saturated carbocycles. The molecule has 0 radical (unpaired) electrons. The van der Waals surface area contributed by atoms with E-state index in [0.717, 1.165) is 0 Å². The number of ether oxygens (including phenoxy) is 34. The summed E-state index contributed by atoms with van der Waals surface area (Å²) in [6.45, 7) is -0.275. The Morgan fingerprint density at radius 1 is 0.175 bits per heavy atom. The van der Waals surface area contributed by atoms with Crippen LogP contribution in [0.25, 0.3) is 0 Å². The van der Waals surface area contributed by atoms with Crippen LogP contribution in [0.2, 0.25) is 0 Å². The summed E-state index contributed by atoms with van der Waals surface area (Å²) in [6.07, 6.45) is -34.9. The van der Waals surface area contributed by atoms with Crippen molar-refractivity contribution in [3.8, 4) is 0 Å². The fourth-order valence-corrected chi connectivity index (χ4v) is 14.7. The van der Waals surface area contributed by atoms with Gasteiger partial charge in [-0.2, -0.15) is 0 Å². The largest absolute Gasteiger partial charge is 0.382 e. The van der Waals surface area contributed by atoms with E-state index in [9.17, 15) is 0 Å². The molecule has 21 aliphatic heterocycles. The van der Waals surface area contributed by atoms with Gasteiger partial charge in [-0.25, -0.2) is 0 Å². The lowest BCUT2D eigenvalue weighted by molar-refractivity contribution is -0.402. The third kappa shape index (κ3) is 17.8. The van der Waals surface area contributed by atoms with E-state index in [-0.39, 0.29) is 46.2 Å². The lowest BCUT2D eigenvalue weighted by Gasteiger charge is -2.52. The Labute approximate surface area is 568 Å². The van der Waals surface area contributed by atoms with Gasteiger partial charge in [0.2, 0.25) is 0 Å². The molecule has 568 valence electrons. The topological polar surface area (TPSA) is 340 Å². The molecule has 0 aromatic carbocycles. The van der Waals surface area contributed by atoms with Crippen LogP contribution in [0.5, 0.6) is 0 Å². The van der Waals surface area contributed by atoms with Gasteiger partial charge in [0.05, 0.1) is 52.3 Å². The second kappa shape index (κ2) is 39.6. The summed E-state index contributed by atoms with van der Waals surface area (Å²) in [7, 11) is 30.1. The molecule has 0 aliphatic carbocycles. The molecular weight excluding hydrogens is 1300 g/mol. The zero-order valence-electron chi connectivity index (χ0n) is 59.6. The monoisotopic (exact) mass is 1410 g/mol. The van der Waals surface area contributed by atoms with Crippen LogP contribution in [0.4, 0.5) is 0 Å². The van der Waals surface area contributed by atoms with Crippen LogP contribution in [0.3, 0.4) is 0 Å². The van der Waals surface area contributed by atoms with Crippen molar-refractivity contribution in [3.63, 3.8) is 0 Å². The van der Waals surface area contributed by atoms with E-state index in [1.807, 2.05) is 0 Å². The molecular formula is C62H111NO34. The van der Waals surface area contributed by atoms with E-state index in [1.54, 1.807) is 0 Å². The van der Waals surface area contributed by atoms with Gasteiger partial charge < -0.3 is 167 Å². The average molecular weight is 1410 g/mol. The molecule has 0 unspecified atom stereocenters. The minimum Gasteiger partial charge on any atom is -0.382 e. The van der Waals surface area contributed by atoms with Gasteiger partial charge in [-0.1, -0.05) is 0 Å². The van der Waals surface area contributed by atoms with E-state index >= 15 is 0 Å². The minimum absolute atomic E-state index is 0.0382. The number of hydrogen-bond donors (Lipinski definition) is 1. The van der Waals surface area contributed by atoms with Crippen LogP contribution in [0.1, 0.15) is 0 Å². The summed E-state index contributed by atoms with van der Waals surface area (Å²) in [5, 5.41) is 0. The summed E-state index contributed by atoms with van der Waals surface area (Å²) >= 11 is 0. The van der Waals surface area contributed by atoms with Crippen molar-refractivity contribution in [2.24, 2.45) is 5.73 Å². The van der Waals surface area contributed by atoms with Gasteiger partial charge in [-0.05, 0) is 0 Å². The Morgan fingerprint density at radius 2 is 0.309 bits per heavy atom. The molecule has 0 spiro atoms. The van der Waals surface area contributed by atoms with Crippen molar-refractivity contribution >= 4 is 0 Å². The van der Waals surface area contributed by atoms with Gasteiger partial charge in [0.25, 0.3) is 0 Å². The molecule has 0 aromatic heterocycles. The van der Waals surface area contributed by atoms with Gasteiger partial charge in [0.1, 0.15) is 165 Å². The van der Waals surface area contributed by atoms with Crippen LogP contribution >= 0.6 is 0 Å². The summed E-state index contributed by atoms with van der Waals surface area (Å²) in [4.78, 5) is 0. The van der Waals surface area contributed by atoms with Crippen molar-refractivity contribution in [1.82, 2.24) is 0 Å². The molecule has 97 heavy (non-hydrogen) atoms. The smallest absolute Gasteiger partial charge is 0.187 e. The number of rotatable bonds is 27. The lowest BCUT2D eigenvalue weighted by Crippen LogP contribution is -2.70. The first kappa shape index (κ1) is 81.3. The van der Waals surface area contributed by atoms with Crippen molar-refractivity contribution < 1.29 is 161 Å². The second-order valence-corrected chi connectivity index (χ2v) is 24.4. The standard InChI is InChI=1S/C62H111NO34/c1-64-21-28-36-43(71-8)35(63)56(84-28)91-37-29(22-65-2)85-58(50(78-15)44(37)72-9)93-39-31(24-67-4)87-60(52(80-17)46(39)74-11)95-41-33(26-69-6)89-62(54(82-19)48(41)76-13)97-42-34(27-70-7)90-61(55(83-20)49(42)77-14)96-40-32(25-68-5)88-59(53(81-18)47(40)75-12)94-38-30(23-66-3)86-57(92-36)51(79-16)45(38)73-10/h28-62H,21-27,63H2,1-20H3/t28-,29-,30-,31-,32-,33-,34-,35-,36-,37-,38-,39-,40-,41-,42-,43-,44+,45+,46+,47+,48+,49+,50-,51-,52-,53-,54-,55-,56-,57-,58-,59-,60-,61-,62-/m1/s1. The van der Waals surface area contributed by atoms with Crippen LogP contribution in [0.15, 0.2) is 0 Å². The maximum Gasteiger partial charge on any atom is 0.187 e. The van der Waals surface area contributed by atoms with E-state index in [0.29, 0.717) is 0 Å². The summed E-state index contributed by atoms with van der Waals surface area (Å²) in [6, 6.07) is -1.07. The Bertz CT molecular complexity index is 2190. The van der Waals surface area contributed by atoms with Crippen molar-refractivity contribution in [1.29, 1.82) is 0 Å². The Hall–Kier alpha value is -1.40. The zero-order valence-corrected chi connectivity index (χ0v) is 59.6. The van der Waals surface area contributed by atoms with Crippen LogP contribution in [0, 0.1) is 0 Å². The van der Waals surface area contributed by atoms with E-state index in [4.69, 9.17) is 167 Å². The second-order valence-electron chi connectivity index (χ2n) is 24.4. The minimum atomic E-state index is -1.23. The normalized spacial score (nSPS) is 46.4. The summed E-state index contributed by atoms with van der Waals surface area (Å²) in [5.41, 5.74) is 7.20. The van der Waals surface area contributed by atoms with Gasteiger partial charge in [0, 0.05) is 142 Å². The molecule has 21 fully saturated rings. The average Bonchev–Trinajstić information content (AvgIpc) is 0.776. The number of hydrogen-bond acceptors (Lipinski definition) is 35. The van der Waals surface area contributed by atoms with Crippen LogP contribution < -0.4 is 5.73 Å². The molecule has 14 bridgehead atoms. The molecule has 0 aromatic rings. The first-order valence-corrected chi connectivity index (χ1v) is 32.4. The van der Waals surface area contributed by atoms with Crippen molar-refractivity contribution in [3.05, 3.63) is 0 Å². The number of methoxy groups -OCH3 is 20. The Balaban J connectivity index is 1.23. The fourth-order valence-electron chi connectivity index (χ4n) is 14.7. The summed E-state index contributed by atoms with van der Waals surface area (Å²) in [5.74, 6) is 0. The fraction of sp³-hybridized carbons (Fsp3) is 1.00. The molecule has 35 heteroatoms. The molecule has 21 saturated heterocycles. The summed E-state index contributed by atoms with van der Waals surface area (Å²) < 4.78 is 219. The highest BCUT2D eigenvalue weighted by atomic mass is 16.8. The van der Waals surface area contributed by atoms with E-state index < -0.39 is 215 Å². The lowest BCUT2D eigenvalue weighted by atomic mass is 9.94. The predicted octanol–water partition coefficient (Wildman–Crippen LogP) is -2.18. The number of nitrogens with two attached hydrogens (primary N) is 1. The third-order valence-corrected chi connectivity index (χ3v) is 19.1. The van der Waals surface area contributed by atoms with Crippen molar-refractivity contribution in [2.45, 2.75) is 215 Å². The molecule has 2 N–H and O–H groups in total. The third-order valence-electron chi connectivity index (χ3n) is 19.1. The maximum absolute atomic E-state index is 7.20. The molecule has 0 amide bonds. The van der Waals surface area contributed by atoms with Crippen LogP contribution in [-0.4, -0.2) is 403 Å². The molecule has 21 rings (SSSR count). The van der Waals surface area contributed by atoms with Gasteiger partial charge >= 0.3 is 0 Å².